The van der Waals surface area contributed by atoms with Crippen LogP contribution in [0.1, 0.15) is 43.2 Å². The summed E-state index contributed by atoms with van der Waals surface area (Å²) in [5.74, 6) is 0.159. The molecule has 1 aromatic rings. The lowest BCUT2D eigenvalue weighted by molar-refractivity contribution is -0.125. The van der Waals surface area contributed by atoms with E-state index in [1.165, 1.54) is 17.0 Å². The minimum absolute atomic E-state index is 0.159. The van der Waals surface area contributed by atoms with Crippen molar-refractivity contribution in [1.29, 1.82) is 0 Å². The van der Waals surface area contributed by atoms with Gasteiger partial charge in [0.05, 0.1) is 11.1 Å². The van der Waals surface area contributed by atoms with Gasteiger partial charge in [-0.25, -0.2) is 4.98 Å². The minimum atomic E-state index is -0.217. The second kappa shape index (κ2) is 5.21. The van der Waals surface area contributed by atoms with Crippen molar-refractivity contribution in [2.24, 2.45) is 5.41 Å². The van der Waals surface area contributed by atoms with E-state index in [0.717, 1.165) is 50.3 Å². The maximum atomic E-state index is 12.6. The van der Waals surface area contributed by atoms with Gasteiger partial charge in [-0.3, -0.25) is 4.79 Å². The number of nitrogens with zero attached hydrogens (tertiary/aromatic N) is 1. The lowest BCUT2D eigenvalue weighted by Gasteiger charge is -2.25. The number of amides is 1. The maximum Gasteiger partial charge on any atom is 0.233 e. The number of hydrogen-bond acceptors (Lipinski definition) is 4. The number of anilines is 1. The third-order valence-corrected chi connectivity index (χ3v) is 5.34. The predicted octanol–water partition coefficient (Wildman–Crippen LogP) is 2.35. The number of rotatable bonds is 4. The monoisotopic (exact) mass is 279 g/mol. The Labute approximate surface area is 118 Å². The van der Waals surface area contributed by atoms with Crippen LogP contribution < -0.4 is 10.6 Å². The van der Waals surface area contributed by atoms with Gasteiger partial charge in [-0.1, -0.05) is 13.3 Å². The molecule has 0 aromatic carbocycles. The number of nitrogens with one attached hydrogen (secondary N) is 2. The zero-order valence-corrected chi connectivity index (χ0v) is 12.2. The van der Waals surface area contributed by atoms with E-state index in [0.29, 0.717) is 0 Å². The molecule has 0 radical (unpaired) electrons. The number of thiazole rings is 1. The summed E-state index contributed by atoms with van der Waals surface area (Å²) in [4.78, 5) is 18.5. The number of carbonyl (C=O) groups excluding carboxylic acids is 1. The van der Waals surface area contributed by atoms with Crippen LogP contribution in [0.25, 0.3) is 0 Å². The number of aromatic nitrogens is 1. The topological polar surface area (TPSA) is 54.0 Å². The van der Waals surface area contributed by atoms with Gasteiger partial charge in [-0.2, -0.15) is 0 Å². The molecule has 0 saturated carbocycles. The summed E-state index contributed by atoms with van der Waals surface area (Å²) in [6.45, 7) is 3.89. The average Bonchev–Trinajstić information content (AvgIpc) is 3.04. The Hall–Kier alpha value is -0.940. The van der Waals surface area contributed by atoms with E-state index < -0.39 is 0 Å². The van der Waals surface area contributed by atoms with Gasteiger partial charge in [-0.05, 0) is 38.6 Å². The Balaban J connectivity index is 1.72. The molecule has 1 unspecified atom stereocenters. The van der Waals surface area contributed by atoms with Crippen molar-refractivity contribution in [1.82, 2.24) is 10.3 Å². The molecule has 104 valence electrons. The third-order valence-electron chi connectivity index (χ3n) is 4.27. The van der Waals surface area contributed by atoms with Crippen molar-refractivity contribution in [3.8, 4) is 0 Å². The zero-order chi connectivity index (χ0) is 13.3. The molecular weight excluding hydrogens is 258 g/mol. The Morgan fingerprint density at radius 1 is 1.53 bits per heavy atom. The number of hydrogen-bond donors (Lipinski definition) is 2. The molecule has 4 nitrogen and oxygen atoms in total. The molecule has 3 rings (SSSR count). The van der Waals surface area contributed by atoms with Crippen LogP contribution in [0.3, 0.4) is 0 Å². The molecule has 1 atom stereocenters. The first-order valence-corrected chi connectivity index (χ1v) is 8.06. The Morgan fingerprint density at radius 3 is 3.11 bits per heavy atom. The van der Waals surface area contributed by atoms with Crippen molar-refractivity contribution in [2.75, 3.05) is 18.4 Å². The van der Waals surface area contributed by atoms with Crippen molar-refractivity contribution in [2.45, 2.75) is 45.4 Å². The Bertz CT molecular complexity index is 456. The normalized spacial score (nSPS) is 25.5. The van der Waals surface area contributed by atoms with Crippen LogP contribution in [0.15, 0.2) is 0 Å². The van der Waals surface area contributed by atoms with Crippen LogP contribution in [-0.4, -0.2) is 24.0 Å². The van der Waals surface area contributed by atoms with E-state index in [2.05, 4.69) is 22.5 Å². The van der Waals surface area contributed by atoms with Crippen molar-refractivity contribution in [3.63, 3.8) is 0 Å². The molecule has 1 fully saturated rings. The molecule has 5 heteroatoms. The molecule has 1 amide bonds. The fraction of sp³-hybridized carbons (Fsp3) is 0.714. The van der Waals surface area contributed by atoms with Gasteiger partial charge in [-0.15, -0.1) is 11.3 Å². The maximum absolute atomic E-state index is 12.6. The predicted molar refractivity (Wildman–Crippen MR) is 77.6 cm³/mol. The highest BCUT2D eigenvalue weighted by Crippen LogP contribution is 2.35. The van der Waals surface area contributed by atoms with Crippen LogP contribution in [0.4, 0.5) is 5.13 Å². The SMILES string of the molecule is CCCC1(C(=O)Nc2nc3c(s2)CCC3)CCNC1. The van der Waals surface area contributed by atoms with Gasteiger partial charge < -0.3 is 10.6 Å². The van der Waals surface area contributed by atoms with E-state index in [1.54, 1.807) is 11.3 Å². The van der Waals surface area contributed by atoms with Crippen molar-refractivity contribution < 1.29 is 4.79 Å². The van der Waals surface area contributed by atoms with Gasteiger partial charge >= 0.3 is 0 Å². The molecule has 19 heavy (non-hydrogen) atoms. The summed E-state index contributed by atoms with van der Waals surface area (Å²) in [6.07, 6.45) is 6.36. The van der Waals surface area contributed by atoms with Crippen LogP contribution >= 0.6 is 11.3 Å². The molecule has 0 spiro atoms. The van der Waals surface area contributed by atoms with Crippen LogP contribution in [0.5, 0.6) is 0 Å². The summed E-state index contributed by atoms with van der Waals surface area (Å²) >= 11 is 1.66. The molecule has 1 saturated heterocycles. The third kappa shape index (κ3) is 2.41. The molecule has 2 heterocycles. The molecule has 1 aliphatic heterocycles. The Kier molecular flexibility index (Phi) is 3.58. The number of carbonyl (C=O) groups is 1. The first-order chi connectivity index (χ1) is 9.23. The molecule has 0 bridgehead atoms. The van der Waals surface area contributed by atoms with E-state index in [9.17, 15) is 4.79 Å². The lowest BCUT2D eigenvalue weighted by Crippen LogP contribution is -2.38. The van der Waals surface area contributed by atoms with Gasteiger partial charge in [0.2, 0.25) is 5.91 Å². The fourth-order valence-corrected chi connectivity index (χ4v) is 4.26. The smallest absolute Gasteiger partial charge is 0.233 e. The fourth-order valence-electron chi connectivity index (χ4n) is 3.22. The molecule has 2 N–H and O–H groups in total. The summed E-state index contributed by atoms with van der Waals surface area (Å²) in [5.41, 5.74) is 0.986. The number of aryl methyl sites for hydroxylation is 2. The summed E-state index contributed by atoms with van der Waals surface area (Å²) in [6, 6.07) is 0. The largest absolute Gasteiger partial charge is 0.316 e. The molecule has 1 aliphatic carbocycles. The van der Waals surface area contributed by atoms with Crippen molar-refractivity contribution >= 4 is 22.4 Å². The molecule has 2 aliphatic rings. The summed E-state index contributed by atoms with van der Waals surface area (Å²) in [5, 5.41) is 7.20. The Morgan fingerprint density at radius 2 is 2.42 bits per heavy atom. The van der Waals surface area contributed by atoms with Crippen molar-refractivity contribution in [3.05, 3.63) is 10.6 Å². The molecular formula is C14H21N3OS. The highest BCUT2D eigenvalue weighted by Gasteiger charge is 2.40. The van der Waals surface area contributed by atoms with Crippen LogP contribution in [0.2, 0.25) is 0 Å². The minimum Gasteiger partial charge on any atom is -0.316 e. The van der Waals surface area contributed by atoms with Gasteiger partial charge in [0.15, 0.2) is 5.13 Å². The highest BCUT2D eigenvalue weighted by molar-refractivity contribution is 7.15. The highest BCUT2D eigenvalue weighted by atomic mass is 32.1. The summed E-state index contributed by atoms with van der Waals surface area (Å²) in [7, 11) is 0. The van der Waals surface area contributed by atoms with Crippen LogP contribution in [0, 0.1) is 5.41 Å². The van der Waals surface area contributed by atoms with E-state index in [4.69, 9.17) is 0 Å². The quantitative estimate of drug-likeness (QED) is 0.889. The first-order valence-electron chi connectivity index (χ1n) is 7.24. The van der Waals surface area contributed by atoms with Gasteiger partial charge in [0.1, 0.15) is 0 Å². The van der Waals surface area contributed by atoms with Crippen LogP contribution in [-0.2, 0) is 17.6 Å². The average molecular weight is 279 g/mol. The standard InChI is InChI=1S/C14H21N3OS/c1-2-6-14(7-8-15-9-14)12(18)17-13-16-10-4-3-5-11(10)19-13/h15H,2-9H2,1H3,(H,16,17,18). The first kappa shape index (κ1) is 13.1. The lowest BCUT2D eigenvalue weighted by atomic mass is 9.81. The summed E-state index contributed by atoms with van der Waals surface area (Å²) < 4.78 is 0. The zero-order valence-electron chi connectivity index (χ0n) is 11.4. The second-order valence-corrected chi connectivity index (χ2v) is 6.74. The van der Waals surface area contributed by atoms with E-state index in [-0.39, 0.29) is 11.3 Å². The molecule has 1 aromatic heterocycles. The van der Waals surface area contributed by atoms with E-state index in [1.807, 2.05) is 0 Å². The van der Waals surface area contributed by atoms with Gasteiger partial charge in [0, 0.05) is 11.4 Å². The van der Waals surface area contributed by atoms with Gasteiger partial charge in [0.25, 0.3) is 0 Å². The second-order valence-electron chi connectivity index (χ2n) is 5.65. The number of fused-ring (bicyclic) bond motifs is 1. The van der Waals surface area contributed by atoms with E-state index >= 15 is 0 Å².